The lowest BCUT2D eigenvalue weighted by atomic mass is 10.1. The first-order chi connectivity index (χ1) is 8.25. The first-order valence-corrected chi connectivity index (χ1v) is 6.52. The molecule has 0 bridgehead atoms. The highest BCUT2D eigenvalue weighted by atomic mass is 15.1. The molecule has 1 aliphatic heterocycles. The Balaban J connectivity index is 1.79. The Hall–Kier alpha value is -1.16. The van der Waals surface area contributed by atoms with Crippen molar-refractivity contribution < 1.29 is 0 Å². The topological polar surface area (TPSA) is 41.1 Å². The molecular weight excluding hydrogens is 212 g/mol. The van der Waals surface area contributed by atoms with Crippen molar-refractivity contribution in [2.75, 3.05) is 31.5 Å². The molecule has 1 N–H and O–H groups in total. The smallest absolute Gasteiger partial charge is 0.147 e. The minimum Gasteiger partial charge on any atom is -0.367 e. The lowest BCUT2D eigenvalue weighted by molar-refractivity contribution is 0.237. The molecule has 1 fully saturated rings. The van der Waals surface area contributed by atoms with E-state index in [0.717, 1.165) is 30.3 Å². The number of aryl methyl sites for hydroxylation is 2. The fraction of sp³-hybridized carbons (Fsp3) is 0.692. The number of piperidine rings is 1. The summed E-state index contributed by atoms with van der Waals surface area (Å²) in [6.07, 6.45) is 5.91. The minimum absolute atomic E-state index is 0.932. The second-order valence-corrected chi connectivity index (χ2v) is 4.77. The first-order valence-electron chi connectivity index (χ1n) is 6.52. The largest absolute Gasteiger partial charge is 0.367 e. The SMILES string of the molecule is Cc1cnc(C)c(NCCN2CCCCC2)n1. The number of hydrogen-bond donors (Lipinski definition) is 1. The molecule has 0 spiro atoms. The average molecular weight is 234 g/mol. The molecule has 94 valence electrons. The van der Waals surface area contributed by atoms with Gasteiger partial charge in [0.1, 0.15) is 5.82 Å². The van der Waals surface area contributed by atoms with E-state index in [1.165, 1.54) is 32.4 Å². The molecule has 1 aromatic rings. The molecule has 1 saturated heterocycles. The number of rotatable bonds is 4. The van der Waals surface area contributed by atoms with E-state index in [9.17, 15) is 0 Å². The summed E-state index contributed by atoms with van der Waals surface area (Å²) in [6, 6.07) is 0. The van der Waals surface area contributed by atoms with Crippen molar-refractivity contribution in [3.8, 4) is 0 Å². The zero-order valence-electron chi connectivity index (χ0n) is 10.9. The van der Waals surface area contributed by atoms with Crippen LogP contribution in [-0.4, -0.2) is 41.0 Å². The van der Waals surface area contributed by atoms with Gasteiger partial charge in [-0.3, -0.25) is 4.98 Å². The van der Waals surface area contributed by atoms with Gasteiger partial charge in [-0.2, -0.15) is 0 Å². The summed E-state index contributed by atoms with van der Waals surface area (Å²) in [6.45, 7) is 8.53. The Morgan fingerprint density at radius 1 is 1.24 bits per heavy atom. The zero-order chi connectivity index (χ0) is 12.1. The molecule has 2 rings (SSSR count). The third kappa shape index (κ3) is 3.66. The van der Waals surface area contributed by atoms with Gasteiger partial charge in [0, 0.05) is 19.3 Å². The molecular formula is C13H22N4. The maximum atomic E-state index is 4.46. The summed E-state index contributed by atoms with van der Waals surface area (Å²) in [5, 5.41) is 3.39. The number of nitrogens with one attached hydrogen (secondary N) is 1. The Morgan fingerprint density at radius 2 is 2.00 bits per heavy atom. The van der Waals surface area contributed by atoms with Crippen molar-refractivity contribution in [2.45, 2.75) is 33.1 Å². The molecule has 2 heterocycles. The van der Waals surface area contributed by atoms with E-state index in [2.05, 4.69) is 20.2 Å². The number of nitrogens with zero attached hydrogens (tertiary/aromatic N) is 3. The number of likely N-dealkylation sites (tertiary alicyclic amines) is 1. The van der Waals surface area contributed by atoms with Gasteiger partial charge in [0.25, 0.3) is 0 Å². The molecule has 0 aromatic carbocycles. The summed E-state index contributed by atoms with van der Waals surface area (Å²) >= 11 is 0. The van der Waals surface area contributed by atoms with Crippen molar-refractivity contribution in [1.29, 1.82) is 0 Å². The van der Waals surface area contributed by atoms with Crippen LogP contribution in [0.2, 0.25) is 0 Å². The molecule has 4 heteroatoms. The van der Waals surface area contributed by atoms with Gasteiger partial charge in [0.2, 0.25) is 0 Å². The van der Waals surface area contributed by atoms with Crippen LogP contribution in [-0.2, 0) is 0 Å². The Labute approximate surface area is 103 Å². The van der Waals surface area contributed by atoms with Crippen LogP contribution in [0.5, 0.6) is 0 Å². The van der Waals surface area contributed by atoms with Gasteiger partial charge in [0.15, 0.2) is 0 Å². The van der Waals surface area contributed by atoms with Crippen LogP contribution in [0.1, 0.15) is 30.7 Å². The van der Waals surface area contributed by atoms with E-state index < -0.39 is 0 Å². The molecule has 1 aliphatic rings. The number of anilines is 1. The molecule has 0 radical (unpaired) electrons. The van der Waals surface area contributed by atoms with Crippen LogP contribution in [0.4, 0.5) is 5.82 Å². The van der Waals surface area contributed by atoms with Gasteiger partial charge in [0.05, 0.1) is 11.4 Å². The second-order valence-electron chi connectivity index (χ2n) is 4.77. The molecule has 1 aromatic heterocycles. The van der Waals surface area contributed by atoms with Crippen LogP contribution in [0.25, 0.3) is 0 Å². The van der Waals surface area contributed by atoms with Crippen molar-refractivity contribution >= 4 is 5.82 Å². The zero-order valence-corrected chi connectivity index (χ0v) is 10.9. The summed E-state index contributed by atoms with van der Waals surface area (Å²) in [7, 11) is 0. The van der Waals surface area contributed by atoms with Gasteiger partial charge in [-0.15, -0.1) is 0 Å². The third-order valence-corrected chi connectivity index (χ3v) is 3.25. The molecule has 0 unspecified atom stereocenters. The second kappa shape index (κ2) is 5.96. The standard InChI is InChI=1S/C13H22N4/c1-11-10-15-12(2)13(16-11)14-6-9-17-7-4-3-5-8-17/h10H,3-9H2,1-2H3,(H,14,16). The number of aromatic nitrogens is 2. The molecule has 0 aliphatic carbocycles. The highest BCUT2D eigenvalue weighted by molar-refractivity contribution is 5.39. The van der Waals surface area contributed by atoms with Gasteiger partial charge in [-0.25, -0.2) is 4.98 Å². The van der Waals surface area contributed by atoms with Crippen LogP contribution < -0.4 is 5.32 Å². The van der Waals surface area contributed by atoms with E-state index in [-0.39, 0.29) is 0 Å². The lowest BCUT2D eigenvalue weighted by Crippen LogP contribution is -2.33. The summed E-state index contributed by atoms with van der Waals surface area (Å²) in [4.78, 5) is 11.3. The highest BCUT2D eigenvalue weighted by Gasteiger charge is 2.09. The maximum absolute atomic E-state index is 4.46. The monoisotopic (exact) mass is 234 g/mol. The van der Waals surface area contributed by atoms with E-state index in [4.69, 9.17) is 0 Å². The third-order valence-electron chi connectivity index (χ3n) is 3.25. The van der Waals surface area contributed by atoms with Gasteiger partial charge < -0.3 is 10.2 Å². The van der Waals surface area contributed by atoms with Crippen molar-refractivity contribution in [2.24, 2.45) is 0 Å². The Morgan fingerprint density at radius 3 is 2.76 bits per heavy atom. The highest BCUT2D eigenvalue weighted by Crippen LogP contribution is 2.10. The van der Waals surface area contributed by atoms with Gasteiger partial charge >= 0.3 is 0 Å². The van der Waals surface area contributed by atoms with Crippen LogP contribution >= 0.6 is 0 Å². The molecule has 0 amide bonds. The van der Waals surface area contributed by atoms with E-state index in [1.807, 2.05) is 20.0 Å². The summed E-state index contributed by atoms with van der Waals surface area (Å²) < 4.78 is 0. The van der Waals surface area contributed by atoms with E-state index in [1.54, 1.807) is 0 Å². The van der Waals surface area contributed by atoms with E-state index in [0.29, 0.717) is 0 Å². The fourth-order valence-corrected chi connectivity index (χ4v) is 2.22. The van der Waals surface area contributed by atoms with Crippen LogP contribution in [0, 0.1) is 13.8 Å². The van der Waals surface area contributed by atoms with Crippen molar-refractivity contribution in [3.63, 3.8) is 0 Å². The van der Waals surface area contributed by atoms with Crippen LogP contribution in [0.3, 0.4) is 0 Å². The molecule has 4 nitrogen and oxygen atoms in total. The van der Waals surface area contributed by atoms with Gasteiger partial charge in [-0.05, 0) is 39.8 Å². The van der Waals surface area contributed by atoms with Crippen LogP contribution in [0.15, 0.2) is 6.20 Å². The predicted molar refractivity (Wildman–Crippen MR) is 70.3 cm³/mol. The summed E-state index contributed by atoms with van der Waals surface area (Å²) in [5.41, 5.74) is 1.95. The lowest BCUT2D eigenvalue weighted by Gasteiger charge is -2.26. The van der Waals surface area contributed by atoms with E-state index >= 15 is 0 Å². The maximum Gasteiger partial charge on any atom is 0.147 e. The average Bonchev–Trinajstić information content (AvgIpc) is 2.35. The normalized spacial score (nSPS) is 17.1. The van der Waals surface area contributed by atoms with Gasteiger partial charge in [-0.1, -0.05) is 6.42 Å². The van der Waals surface area contributed by atoms with Crippen molar-refractivity contribution in [1.82, 2.24) is 14.9 Å². The Kier molecular flexibility index (Phi) is 4.31. The number of hydrogen-bond acceptors (Lipinski definition) is 4. The predicted octanol–water partition coefficient (Wildman–Crippen LogP) is 1.99. The fourth-order valence-electron chi connectivity index (χ4n) is 2.22. The molecule has 0 saturated carbocycles. The van der Waals surface area contributed by atoms with Crippen molar-refractivity contribution in [3.05, 3.63) is 17.6 Å². The Bertz CT molecular complexity index is 358. The minimum atomic E-state index is 0.932. The molecule has 17 heavy (non-hydrogen) atoms. The molecule has 0 atom stereocenters. The quantitative estimate of drug-likeness (QED) is 0.865. The first kappa shape index (κ1) is 12.3. The summed E-state index contributed by atoms with van der Waals surface area (Å²) in [5.74, 6) is 0.932.